The number of piperazine rings is 1. The first-order valence-corrected chi connectivity index (χ1v) is 9.37. The molecule has 0 saturated carbocycles. The summed E-state index contributed by atoms with van der Waals surface area (Å²) >= 11 is 0. The molecule has 1 saturated heterocycles. The van der Waals surface area contributed by atoms with E-state index in [-0.39, 0.29) is 18.4 Å². The molecule has 1 fully saturated rings. The maximum absolute atomic E-state index is 5.85. The van der Waals surface area contributed by atoms with Crippen molar-refractivity contribution in [3.05, 3.63) is 24.0 Å². The van der Waals surface area contributed by atoms with Gasteiger partial charge in [-0.1, -0.05) is 19.0 Å². The highest BCUT2D eigenvalue weighted by Crippen LogP contribution is 2.33. The van der Waals surface area contributed by atoms with E-state index in [1.807, 2.05) is 18.2 Å². The number of benzene rings is 1. The van der Waals surface area contributed by atoms with E-state index in [0.717, 1.165) is 43.8 Å². The quantitative estimate of drug-likeness (QED) is 0.733. The molecule has 3 rings (SSSR count). The molecule has 1 aliphatic heterocycles. The average Bonchev–Trinajstić information content (AvgIpc) is 3.15. The molecule has 27 heavy (non-hydrogen) atoms. The summed E-state index contributed by atoms with van der Waals surface area (Å²) in [5.41, 5.74) is 0.838. The van der Waals surface area contributed by atoms with Gasteiger partial charge in [-0.25, -0.2) is 0 Å². The minimum absolute atomic E-state index is 0. The Morgan fingerprint density at radius 2 is 1.93 bits per heavy atom. The summed E-state index contributed by atoms with van der Waals surface area (Å²) in [5, 5.41) is 7.56. The summed E-state index contributed by atoms with van der Waals surface area (Å²) in [7, 11) is 2.08. The average molecular weight is 397 g/mol. The van der Waals surface area contributed by atoms with Crippen LogP contribution in [0.3, 0.4) is 0 Å². The first-order chi connectivity index (χ1) is 12.7. The van der Waals surface area contributed by atoms with Crippen LogP contribution in [0.1, 0.15) is 38.6 Å². The van der Waals surface area contributed by atoms with E-state index in [9.17, 15) is 0 Å². The Labute approximate surface area is 166 Å². The summed E-state index contributed by atoms with van der Waals surface area (Å²) < 4.78 is 17.2. The van der Waals surface area contributed by atoms with Crippen LogP contribution in [0.4, 0.5) is 0 Å². The van der Waals surface area contributed by atoms with Gasteiger partial charge in [0.05, 0.1) is 19.3 Å². The molecule has 0 spiro atoms. The summed E-state index contributed by atoms with van der Waals surface area (Å²) in [6, 6.07) is 5.89. The van der Waals surface area contributed by atoms with Gasteiger partial charge in [0, 0.05) is 25.2 Å². The van der Waals surface area contributed by atoms with Gasteiger partial charge in [0.15, 0.2) is 17.3 Å². The molecule has 1 aliphatic rings. The molecule has 0 radical (unpaired) electrons. The lowest BCUT2D eigenvalue weighted by Gasteiger charge is -2.30. The van der Waals surface area contributed by atoms with Gasteiger partial charge in [0.1, 0.15) is 0 Å². The topological polar surface area (TPSA) is 72.7 Å². The monoisotopic (exact) mass is 396 g/mol. The predicted octanol–water partition coefficient (Wildman–Crippen LogP) is 3.31. The van der Waals surface area contributed by atoms with Gasteiger partial charge in [0.25, 0.3) is 5.89 Å². The van der Waals surface area contributed by atoms with Crippen molar-refractivity contribution in [1.29, 1.82) is 0 Å². The predicted molar refractivity (Wildman–Crippen MR) is 107 cm³/mol. The van der Waals surface area contributed by atoms with Crippen LogP contribution in [0.5, 0.6) is 11.5 Å². The fourth-order valence-electron chi connectivity index (χ4n) is 2.88. The second kappa shape index (κ2) is 10.5. The van der Waals surface area contributed by atoms with Crippen LogP contribution in [0, 0.1) is 0 Å². The first kappa shape index (κ1) is 21.5. The standard InChI is InChI=1S/C19H28N4O3.ClH/c1-4-10-24-16-7-6-14(12-17(16)25-11-5-2)19-21-18(22-26-19)15-13-20-8-9-23(15)3;/h6-7,12,15,20H,4-5,8-11,13H2,1-3H3;1H. The number of halogens is 1. The van der Waals surface area contributed by atoms with E-state index in [1.54, 1.807) is 0 Å². The maximum Gasteiger partial charge on any atom is 0.258 e. The lowest BCUT2D eigenvalue weighted by Crippen LogP contribution is -2.44. The van der Waals surface area contributed by atoms with Gasteiger partial charge in [0.2, 0.25) is 0 Å². The highest BCUT2D eigenvalue weighted by Gasteiger charge is 2.25. The number of ether oxygens (including phenoxy) is 2. The van der Waals surface area contributed by atoms with Gasteiger partial charge >= 0.3 is 0 Å². The lowest BCUT2D eigenvalue weighted by molar-refractivity contribution is 0.190. The fourth-order valence-corrected chi connectivity index (χ4v) is 2.88. The molecule has 2 heterocycles. The minimum Gasteiger partial charge on any atom is -0.490 e. The normalized spacial score (nSPS) is 17.4. The number of likely N-dealkylation sites (N-methyl/N-ethyl adjacent to an activating group) is 1. The van der Waals surface area contributed by atoms with Crippen molar-refractivity contribution in [3.8, 4) is 23.0 Å². The molecule has 0 aliphatic carbocycles. The zero-order chi connectivity index (χ0) is 18.4. The van der Waals surface area contributed by atoms with E-state index < -0.39 is 0 Å². The number of aromatic nitrogens is 2. The second-order valence-corrected chi connectivity index (χ2v) is 6.52. The third-order valence-electron chi connectivity index (χ3n) is 4.36. The van der Waals surface area contributed by atoms with Crippen molar-refractivity contribution >= 4 is 12.4 Å². The molecule has 2 aromatic rings. The van der Waals surface area contributed by atoms with Gasteiger partial charge in [-0.3, -0.25) is 4.90 Å². The van der Waals surface area contributed by atoms with Gasteiger partial charge in [-0.15, -0.1) is 12.4 Å². The summed E-state index contributed by atoms with van der Waals surface area (Å²) in [5.74, 6) is 2.67. The Morgan fingerprint density at radius 1 is 1.19 bits per heavy atom. The number of hydrogen-bond acceptors (Lipinski definition) is 7. The van der Waals surface area contributed by atoms with Crippen LogP contribution in [-0.4, -0.2) is 54.9 Å². The Morgan fingerprint density at radius 3 is 2.63 bits per heavy atom. The van der Waals surface area contributed by atoms with Crippen LogP contribution in [0.25, 0.3) is 11.5 Å². The highest BCUT2D eigenvalue weighted by molar-refractivity contribution is 5.85. The maximum atomic E-state index is 5.85. The molecule has 1 atom stereocenters. The summed E-state index contributed by atoms with van der Waals surface area (Å²) in [4.78, 5) is 6.85. The second-order valence-electron chi connectivity index (χ2n) is 6.52. The SMILES string of the molecule is CCCOc1ccc(-c2nc(C3CNCCN3C)no2)cc1OCCC.Cl. The zero-order valence-electron chi connectivity index (χ0n) is 16.2. The van der Waals surface area contributed by atoms with E-state index in [1.165, 1.54) is 0 Å². The largest absolute Gasteiger partial charge is 0.490 e. The Kier molecular flexibility index (Phi) is 8.34. The van der Waals surface area contributed by atoms with Crippen molar-refractivity contribution in [3.63, 3.8) is 0 Å². The smallest absolute Gasteiger partial charge is 0.258 e. The number of hydrogen-bond donors (Lipinski definition) is 1. The van der Waals surface area contributed by atoms with E-state index in [0.29, 0.717) is 30.7 Å². The third-order valence-corrected chi connectivity index (χ3v) is 4.36. The number of rotatable bonds is 8. The molecule has 8 heteroatoms. The van der Waals surface area contributed by atoms with Crippen LogP contribution in [0.2, 0.25) is 0 Å². The molecule has 150 valence electrons. The lowest BCUT2D eigenvalue weighted by atomic mass is 10.2. The van der Waals surface area contributed by atoms with Crippen molar-refractivity contribution in [2.45, 2.75) is 32.7 Å². The van der Waals surface area contributed by atoms with Crippen LogP contribution >= 0.6 is 12.4 Å². The van der Waals surface area contributed by atoms with Gasteiger partial charge < -0.3 is 19.3 Å². The summed E-state index contributed by atoms with van der Waals surface area (Å²) in [6.45, 7) is 8.23. The first-order valence-electron chi connectivity index (χ1n) is 9.37. The Hall–Kier alpha value is -1.83. The Bertz CT molecular complexity index is 710. The van der Waals surface area contributed by atoms with Crippen molar-refractivity contribution < 1.29 is 14.0 Å². The fraction of sp³-hybridized carbons (Fsp3) is 0.579. The van der Waals surface area contributed by atoms with Gasteiger partial charge in [-0.2, -0.15) is 4.98 Å². The third kappa shape index (κ3) is 5.34. The molecule has 7 nitrogen and oxygen atoms in total. The van der Waals surface area contributed by atoms with Crippen molar-refractivity contribution in [2.75, 3.05) is 39.9 Å². The molecule has 1 aromatic heterocycles. The zero-order valence-corrected chi connectivity index (χ0v) is 17.1. The molecule has 1 aromatic carbocycles. The van der Waals surface area contributed by atoms with Crippen LogP contribution in [0.15, 0.2) is 22.7 Å². The molecule has 0 bridgehead atoms. The van der Waals surface area contributed by atoms with E-state index >= 15 is 0 Å². The molecular weight excluding hydrogens is 368 g/mol. The minimum atomic E-state index is 0. The molecular formula is C19H29ClN4O3. The number of nitrogens with zero attached hydrogens (tertiary/aromatic N) is 3. The highest BCUT2D eigenvalue weighted by atomic mass is 35.5. The van der Waals surface area contributed by atoms with Crippen LogP contribution in [-0.2, 0) is 0 Å². The molecule has 1 unspecified atom stereocenters. The van der Waals surface area contributed by atoms with Crippen molar-refractivity contribution in [1.82, 2.24) is 20.4 Å². The van der Waals surface area contributed by atoms with Crippen LogP contribution < -0.4 is 14.8 Å². The Balaban J connectivity index is 0.00000261. The summed E-state index contributed by atoms with van der Waals surface area (Å²) in [6.07, 6.45) is 1.88. The van der Waals surface area contributed by atoms with Crippen molar-refractivity contribution in [2.24, 2.45) is 0 Å². The molecule has 0 amide bonds. The van der Waals surface area contributed by atoms with E-state index in [2.05, 4.69) is 41.3 Å². The van der Waals surface area contributed by atoms with Gasteiger partial charge in [-0.05, 0) is 38.1 Å². The number of nitrogens with one attached hydrogen (secondary N) is 1. The molecule has 1 N–H and O–H groups in total. The van der Waals surface area contributed by atoms with E-state index in [4.69, 9.17) is 14.0 Å².